The van der Waals surface area contributed by atoms with E-state index in [1.165, 1.54) is 4.68 Å². The van der Waals surface area contributed by atoms with Gasteiger partial charge in [0.25, 0.3) is 5.56 Å². The molecular weight excluding hydrogens is 454 g/mol. The molecule has 5 heterocycles. The highest BCUT2D eigenvalue weighted by atomic mass is 16.1. The fourth-order valence-electron chi connectivity index (χ4n) is 4.35. The smallest absolute Gasteiger partial charge is 0.282 e. The average Bonchev–Trinajstić information content (AvgIpc) is 2.94. The Bertz CT molecular complexity index is 1560. The van der Waals surface area contributed by atoms with Gasteiger partial charge in [0.15, 0.2) is 0 Å². The number of benzene rings is 1. The minimum Gasteiger partial charge on any atom is -0.399 e. The van der Waals surface area contributed by atoms with Crippen molar-refractivity contribution in [3.63, 3.8) is 0 Å². The maximum Gasteiger partial charge on any atom is 0.282 e. The number of rotatable bonds is 4. The number of hydrogen-bond acceptors (Lipinski definition) is 9. The van der Waals surface area contributed by atoms with Crippen molar-refractivity contribution in [1.82, 2.24) is 29.7 Å². The van der Waals surface area contributed by atoms with E-state index in [-0.39, 0.29) is 5.56 Å². The highest BCUT2D eigenvalue weighted by molar-refractivity contribution is 5.90. The molecule has 5 aromatic rings. The molecule has 4 aromatic heterocycles. The largest absolute Gasteiger partial charge is 0.399 e. The molecule has 0 aliphatic carbocycles. The summed E-state index contributed by atoms with van der Waals surface area (Å²) in [5.41, 5.74) is 9.66. The Morgan fingerprint density at radius 2 is 1.53 bits per heavy atom. The average molecular weight is 478 g/mol. The predicted octanol–water partition coefficient (Wildman–Crippen LogP) is 2.54. The van der Waals surface area contributed by atoms with Crippen molar-refractivity contribution in [2.45, 2.75) is 0 Å². The van der Waals surface area contributed by atoms with E-state index in [9.17, 15) is 4.79 Å². The van der Waals surface area contributed by atoms with Gasteiger partial charge in [0.2, 0.25) is 5.95 Å². The number of anilines is 3. The fraction of sp³-hybridized carbons (Fsp3) is 0.154. The van der Waals surface area contributed by atoms with Gasteiger partial charge in [-0.25, -0.2) is 9.97 Å². The number of nitrogens with zero attached hydrogens (tertiary/aromatic N) is 8. The van der Waals surface area contributed by atoms with Crippen LogP contribution < -0.4 is 21.1 Å². The molecule has 0 saturated carbocycles. The maximum absolute atomic E-state index is 13.4. The Morgan fingerprint density at radius 1 is 0.778 bits per heavy atom. The molecule has 1 aromatic carbocycles. The van der Waals surface area contributed by atoms with E-state index in [2.05, 4.69) is 29.9 Å². The van der Waals surface area contributed by atoms with E-state index in [1.54, 1.807) is 36.9 Å². The third kappa shape index (κ3) is 3.98. The van der Waals surface area contributed by atoms with Gasteiger partial charge in [0.1, 0.15) is 11.2 Å². The summed E-state index contributed by atoms with van der Waals surface area (Å²) in [6.07, 6.45) is 6.54. The summed E-state index contributed by atoms with van der Waals surface area (Å²) in [7, 11) is 0. The predicted molar refractivity (Wildman–Crippen MR) is 139 cm³/mol. The summed E-state index contributed by atoms with van der Waals surface area (Å²) in [6, 6.07) is 17.0. The van der Waals surface area contributed by atoms with Gasteiger partial charge in [-0.3, -0.25) is 14.8 Å². The monoisotopic (exact) mass is 477 g/mol. The molecule has 1 aliphatic heterocycles. The quantitative estimate of drug-likeness (QED) is 0.390. The second kappa shape index (κ2) is 9.06. The third-order valence-electron chi connectivity index (χ3n) is 6.26. The van der Waals surface area contributed by atoms with Crippen molar-refractivity contribution in [1.29, 1.82) is 0 Å². The minimum atomic E-state index is -0.296. The van der Waals surface area contributed by atoms with Crippen LogP contribution in [0.15, 0.2) is 84.2 Å². The Balaban J connectivity index is 1.39. The van der Waals surface area contributed by atoms with Crippen molar-refractivity contribution in [2.75, 3.05) is 41.7 Å². The molecule has 0 spiro atoms. The first-order valence-corrected chi connectivity index (χ1v) is 11.6. The number of fused-ring (bicyclic) bond motifs is 1. The molecule has 1 aliphatic rings. The van der Waals surface area contributed by atoms with Crippen LogP contribution >= 0.6 is 0 Å². The molecule has 1 saturated heterocycles. The number of hydrogen-bond donors (Lipinski definition) is 1. The normalized spacial score (nSPS) is 13.8. The first-order chi connectivity index (χ1) is 17.7. The Kier molecular flexibility index (Phi) is 5.45. The number of nitrogens with two attached hydrogens (primary N) is 1. The van der Waals surface area contributed by atoms with Crippen LogP contribution in [0.25, 0.3) is 28.0 Å². The first-order valence-electron chi connectivity index (χ1n) is 11.6. The summed E-state index contributed by atoms with van der Waals surface area (Å²) in [4.78, 5) is 35.7. The van der Waals surface area contributed by atoms with Crippen molar-refractivity contribution in [2.24, 2.45) is 0 Å². The second-order valence-electron chi connectivity index (χ2n) is 8.48. The molecular formula is C26H23N9O. The van der Waals surface area contributed by atoms with Crippen LogP contribution in [0.1, 0.15) is 0 Å². The topological polar surface area (TPSA) is 119 Å². The molecule has 10 nitrogen and oxygen atoms in total. The minimum absolute atomic E-state index is 0.296. The Hall–Kier alpha value is -4.86. The lowest BCUT2D eigenvalue weighted by atomic mass is 10.2. The van der Waals surface area contributed by atoms with Crippen molar-refractivity contribution in [3.05, 3.63) is 89.7 Å². The summed E-state index contributed by atoms with van der Waals surface area (Å²) < 4.78 is 1.35. The van der Waals surface area contributed by atoms with Crippen molar-refractivity contribution >= 4 is 28.2 Å². The zero-order valence-corrected chi connectivity index (χ0v) is 19.4. The van der Waals surface area contributed by atoms with Crippen LogP contribution in [0.2, 0.25) is 0 Å². The van der Waals surface area contributed by atoms with Gasteiger partial charge >= 0.3 is 0 Å². The van der Waals surface area contributed by atoms with Gasteiger partial charge in [-0.15, -0.1) is 0 Å². The Labute approximate surface area is 206 Å². The molecule has 0 radical (unpaired) electrons. The lowest BCUT2D eigenvalue weighted by Gasteiger charge is -2.36. The number of piperazine rings is 1. The summed E-state index contributed by atoms with van der Waals surface area (Å²) in [5.74, 6) is 0.569. The number of pyridine rings is 2. The van der Waals surface area contributed by atoms with E-state index >= 15 is 0 Å². The van der Waals surface area contributed by atoms with Gasteiger partial charge < -0.3 is 15.5 Å². The highest BCUT2D eigenvalue weighted by Gasteiger charge is 2.22. The molecule has 2 N–H and O–H groups in total. The lowest BCUT2D eigenvalue weighted by Crippen LogP contribution is -2.47. The highest BCUT2D eigenvalue weighted by Crippen LogP contribution is 2.25. The lowest BCUT2D eigenvalue weighted by molar-refractivity contribution is 0.641. The molecule has 0 atom stereocenters. The molecule has 0 bridgehead atoms. The van der Waals surface area contributed by atoms with Gasteiger partial charge in [-0.05, 0) is 48.5 Å². The molecule has 6 rings (SSSR count). The van der Waals surface area contributed by atoms with Crippen LogP contribution in [0.4, 0.5) is 17.3 Å². The van der Waals surface area contributed by atoms with E-state index < -0.39 is 0 Å². The van der Waals surface area contributed by atoms with Crippen LogP contribution in [-0.2, 0) is 0 Å². The third-order valence-corrected chi connectivity index (χ3v) is 6.26. The summed E-state index contributed by atoms with van der Waals surface area (Å²) in [5, 5.41) is 5.05. The first kappa shape index (κ1) is 21.7. The van der Waals surface area contributed by atoms with E-state index in [4.69, 9.17) is 10.7 Å². The molecule has 0 unspecified atom stereocenters. The zero-order chi connectivity index (χ0) is 24.5. The fourth-order valence-corrected chi connectivity index (χ4v) is 4.35. The molecule has 10 heteroatoms. The van der Waals surface area contributed by atoms with Crippen LogP contribution in [0.5, 0.6) is 0 Å². The SMILES string of the molecule is Nc1ccc(N2CCN(c3ncc4c(=O)n(-c5ccncc5)nc(-c5ccccn5)c4n3)CC2)cc1. The summed E-state index contributed by atoms with van der Waals surface area (Å²) >= 11 is 0. The van der Waals surface area contributed by atoms with Crippen molar-refractivity contribution in [3.8, 4) is 17.1 Å². The Morgan fingerprint density at radius 3 is 2.25 bits per heavy atom. The summed E-state index contributed by atoms with van der Waals surface area (Å²) in [6.45, 7) is 3.13. The molecule has 0 amide bonds. The molecule has 178 valence electrons. The van der Waals surface area contributed by atoms with Gasteiger partial charge in [0, 0.05) is 62.3 Å². The standard InChI is InChI=1S/C26H23N9O/c27-18-4-6-19(7-5-18)33-13-15-34(16-14-33)26-30-17-21-23(31-26)24(22-3-1-2-10-29-22)32-35(25(21)36)20-8-11-28-12-9-20/h1-12,17H,13-16,27H2. The van der Waals surface area contributed by atoms with Crippen LogP contribution in [0, 0.1) is 0 Å². The second-order valence-corrected chi connectivity index (χ2v) is 8.48. The van der Waals surface area contributed by atoms with Gasteiger partial charge in [0.05, 0.1) is 16.8 Å². The van der Waals surface area contributed by atoms with Crippen LogP contribution in [-0.4, -0.2) is 55.9 Å². The maximum atomic E-state index is 13.4. The van der Waals surface area contributed by atoms with Crippen molar-refractivity contribution < 1.29 is 0 Å². The number of aromatic nitrogens is 6. The van der Waals surface area contributed by atoms with Gasteiger partial charge in [-0.2, -0.15) is 9.78 Å². The van der Waals surface area contributed by atoms with Gasteiger partial charge in [-0.1, -0.05) is 6.07 Å². The molecule has 1 fully saturated rings. The van der Waals surface area contributed by atoms with Crippen LogP contribution in [0.3, 0.4) is 0 Å². The number of nitrogen functional groups attached to an aromatic ring is 1. The van der Waals surface area contributed by atoms with E-state index in [0.717, 1.165) is 37.6 Å². The van der Waals surface area contributed by atoms with E-state index in [0.29, 0.717) is 33.9 Å². The van der Waals surface area contributed by atoms with E-state index in [1.807, 2.05) is 42.5 Å². The zero-order valence-electron chi connectivity index (χ0n) is 19.4. The molecule has 36 heavy (non-hydrogen) atoms.